The fourth-order valence-corrected chi connectivity index (χ4v) is 6.82. The van der Waals surface area contributed by atoms with Crippen molar-refractivity contribution < 1.29 is 32.6 Å². The van der Waals surface area contributed by atoms with Gasteiger partial charge in [0, 0.05) is 62.0 Å². The Morgan fingerprint density at radius 1 is 1.14 bits per heavy atom. The second kappa shape index (κ2) is 12.7. The van der Waals surface area contributed by atoms with E-state index in [2.05, 4.69) is 15.3 Å². The zero-order valence-corrected chi connectivity index (χ0v) is 25.6. The number of hydrogen-bond donors (Lipinski definition) is 2. The highest BCUT2D eigenvalue weighted by molar-refractivity contribution is 5.87. The van der Waals surface area contributed by atoms with Gasteiger partial charge in [0.1, 0.15) is 11.9 Å². The summed E-state index contributed by atoms with van der Waals surface area (Å²) in [7, 11) is 4.98. The fraction of sp³-hybridized carbons (Fsp3) is 0.613. The number of pyridine rings is 2. The van der Waals surface area contributed by atoms with E-state index in [0.29, 0.717) is 24.2 Å². The SMILES string of the molecule is COc1ncc(C(F)(F)F)cc1CN[C@H]1[C@H](C(C)(C)C)[C@@H](C(=O)O)N(C(=O)C2CCCCC2)[C@H]1c1cccnc1N(C)C. The number of aliphatic carboxylic acids is 1. The quantitative estimate of drug-likeness (QED) is 0.417. The third-order valence-corrected chi connectivity index (χ3v) is 8.66. The van der Waals surface area contributed by atoms with Crippen LogP contribution in [0.15, 0.2) is 30.6 Å². The van der Waals surface area contributed by atoms with Crippen molar-refractivity contribution in [2.75, 3.05) is 26.1 Å². The summed E-state index contributed by atoms with van der Waals surface area (Å²) in [6.45, 7) is 5.69. The lowest BCUT2D eigenvalue weighted by Gasteiger charge is -2.36. The number of alkyl halides is 3. The molecular weight excluding hydrogens is 563 g/mol. The third-order valence-electron chi connectivity index (χ3n) is 8.66. The van der Waals surface area contributed by atoms with Crippen molar-refractivity contribution in [1.82, 2.24) is 20.2 Å². The monoisotopic (exact) mass is 605 g/mol. The average Bonchev–Trinajstić information content (AvgIpc) is 3.31. The molecule has 2 aromatic heterocycles. The van der Waals surface area contributed by atoms with Gasteiger partial charge in [-0.25, -0.2) is 14.8 Å². The number of amides is 1. The molecule has 236 valence electrons. The van der Waals surface area contributed by atoms with Crippen LogP contribution in [-0.4, -0.2) is 65.1 Å². The van der Waals surface area contributed by atoms with Crippen LogP contribution in [0.5, 0.6) is 5.88 Å². The lowest BCUT2D eigenvalue weighted by Crippen LogP contribution is -2.49. The van der Waals surface area contributed by atoms with Crippen LogP contribution in [0.25, 0.3) is 0 Å². The summed E-state index contributed by atoms with van der Waals surface area (Å²) in [5.41, 5.74) is -0.690. The highest BCUT2D eigenvalue weighted by atomic mass is 19.4. The summed E-state index contributed by atoms with van der Waals surface area (Å²) >= 11 is 0. The Hall–Kier alpha value is -3.41. The van der Waals surface area contributed by atoms with E-state index in [1.54, 1.807) is 12.3 Å². The van der Waals surface area contributed by atoms with Gasteiger partial charge in [-0.3, -0.25) is 4.79 Å². The molecule has 1 aliphatic heterocycles. The topological polar surface area (TPSA) is 108 Å². The van der Waals surface area contributed by atoms with Crippen LogP contribution in [-0.2, 0) is 22.3 Å². The number of halogens is 3. The number of likely N-dealkylation sites (tertiary alicyclic amines) is 1. The minimum Gasteiger partial charge on any atom is -0.481 e. The molecule has 0 unspecified atom stereocenters. The smallest absolute Gasteiger partial charge is 0.417 e. The Bertz CT molecular complexity index is 1310. The van der Waals surface area contributed by atoms with E-state index in [-0.39, 0.29) is 29.8 Å². The van der Waals surface area contributed by atoms with Gasteiger partial charge in [-0.1, -0.05) is 46.1 Å². The largest absolute Gasteiger partial charge is 0.481 e. The number of hydrogen-bond acceptors (Lipinski definition) is 7. The molecule has 3 heterocycles. The normalized spacial score (nSPS) is 23.3. The van der Waals surface area contributed by atoms with Crippen LogP contribution in [0.2, 0.25) is 0 Å². The number of anilines is 1. The molecule has 0 spiro atoms. The van der Waals surface area contributed by atoms with Gasteiger partial charge in [0.05, 0.1) is 18.7 Å². The summed E-state index contributed by atoms with van der Waals surface area (Å²) < 4.78 is 46.1. The van der Waals surface area contributed by atoms with Gasteiger partial charge in [0.2, 0.25) is 11.8 Å². The van der Waals surface area contributed by atoms with E-state index in [0.717, 1.165) is 31.5 Å². The number of nitrogens with one attached hydrogen (secondary N) is 1. The molecule has 2 aliphatic rings. The molecule has 9 nitrogen and oxygen atoms in total. The second-order valence-corrected chi connectivity index (χ2v) is 12.8. The number of ether oxygens (including phenoxy) is 1. The molecule has 1 saturated heterocycles. The standard InChI is InChI=1S/C31H42F3N5O4/c1-30(2,3)22-23(36-16-19-15-20(31(32,33)34)17-37-27(19)43-6)24(21-13-10-14-35-26(21)38(4)5)39(25(22)29(41)42)28(40)18-11-8-7-9-12-18/h10,13-15,17-18,22-25,36H,7-9,11-12,16H2,1-6H3,(H,41,42)/t22-,23-,24-,25-/m0/s1. The molecule has 4 rings (SSSR count). The highest BCUT2D eigenvalue weighted by Crippen LogP contribution is 2.50. The minimum atomic E-state index is -4.61. The molecule has 2 fully saturated rings. The van der Waals surface area contributed by atoms with Crippen LogP contribution < -0.4 is 15.0 Å². The van der Waals surface area contributed by atoms with E-state index in [1.165, 1.54) is 12.0 Å². The van der Waals surface area contributed by atoms with Crippen molar-refractivity contribution in [2.45, 2.75) is 83.7 Å². The minimum absolute atomic E-state index is 0.0302. The van der Waals surface area contributed by atoms with Crippen molar-refractivity contribution in [3.05, 3.63) is 47.3 Å². The maximum absolute atomic E-state index is 14.4. The van der Waals surface area contributed by atoms with Gasteiger partial charge >= 0.3 is 12.1 Å². The van der Waals surface area contributed by atoms with Gasteiger partial charge in [-0.15, -0.1) is 0 Å². The first-order valence-corrected chi connectivity index (χ1v) is 14.7. The molecule has 2 N–H and O–H groups in total. The van der Waals surface area contributed by atoms with Crippen LogP contribution >= 0.6 is 0 Å². The number of rotatable bonds is 8. The molecule has 2 aromatic rings. The van der Waals surface area contributed by atoms with Gasteiger partial charge < -0.3 is 25.0 Å². The fourth-order valence-electron chi connectivity index (χ4n) is 6.82. The van der Waals surface area contributed by atoms with Crippen LogP contribution in [0, 0.1) is 17.3 Å². The second-order valence-electron chi connectivity index (χ2n) is 12.8. The molecule has 1 aliphatic carbocycles. The Balaban J connectivity index is 1.89. The molecular formula is C31H42F3N5O4. The number of aromatic nitrogens is 2. The van der Waals surface area contributed by atoms with Crippen molar-refractivity contribution >= 4 is 17.7 Å². The van der Waals surface area contributed by atoms with Crippen LogP contribution in [0.4, 0.5) is 19.0 Å². The zero-order valence-electron chi connectivity index (χ0n) is 25.6. The first-order chi connectivity index (χ1) is 20.2. The van der Waals surface area contributed by atoms with Crippen molar-refractivity contribution in [3.63, 3.8) is 0 Å². The average molecular weight is 606 g/mol. The molecule has 1 amide bonds. The maximum atomic E-state index is 14.4. The van der Waals surface area contributed by atoms with Gasteiger partial charge in [-0.2, -0.15) is 13.2 Å². The van der Waals surface area contributed by atoms with E-state index < -0.39 is 47.2 Å². The van der Waals surface area contributed by atoms with Crippen molar-refractivity contribution in [2.24, 2.45) is 17.3 Å². The van der Waals surface area contributed by atoms with E-state index >= 15 is 0 Å². The van der Waals surface area contributed by atoms with Crippen LogP contribution in [0.1, 0.15) is 75.6 Å². The molecule has 0 bridgehead atoms. The maximum Gasteiger partial charge on any atom is 0.417 e. The Kier molecular flexibility index (Phi) is 9.58. The number of carboxylic acid groups (broad SMARTS) is 1. The summed E-state index contributed by atoms with van der Waals surface area (Å²) in [6, 6.07) is 2.01. The molecule has 4 atom stereocenters. The van der Waals surface area contributed by atoms with Gasteiger partial charge in [0.25, 0.3) is 0 Å². The Labute approximate surface area is 250 Å². The van der Waals surface area contributed by atoms with Crippen molar-refractivity contribution in [3.8, 4) is 5.88 Å². The first kappa shape index (κ1) is 32.5. The predicted octanol–water partition coefficient (Wildman–Crippen LogP) is 5.31. The zero-order chi connectivity index (χ0) is 31.7. The molecule has 0 radical (unpaired) electrons. The highest BCUT2D eigenvalue weighted by Gasteiger charge is 2.59. The van der Waals surface area contributed by atoms with Crippen molar-refractivity contribution in [1.29, 1.82) is 0 Å². The molecule has 12 heteroatoms. The Morgan fingerprint density at radius 3 is 2.37 bits per heavy atom. The summed E-state index contributed by atoms with van der Waals surface area (Å²) in [5.74, 6) is -1.62. The number of methoxy groups -OCH3 is 1. The lowest BCUT2D eigenvalue weighted by atomic mass is 9.72. The van der Waals surface area contributed by atoms with E-state index in [4.69, 9.17) is 4.74 Å². The van der Waals surface area contributed by atoms with Crippen LogP contribution in [0.3, 0.4) is 0 Å². The number of nitrogens with zero attached hydrogens (tertiary/aromatic N) is 4. The molecule has 43 heavy (non-hydrogen) atoms. The summed E-state index contributed by atoms with van der Waals surface area (Å²) in [4.78, 5) is 39.3. The molecule has 1 saturated carbocycles. The van der Waals surface area contributed by atoms with Gasteiger partial charge in [0.15, 0.2) is 0 Å². The number of carbonyl (C=O) groups is 2. The first-order valence-electron chi connectivity index (χ1n) is 14.7. The third kappa shape index (κ3) is 6.73. The summed E-state index contributed by atoms with van der Waals surface area (Å²) in [5, 5.41) is 14.1. The summed E-state index contributed by atoms with van der Waals surface area (Å²) in [6.07, 6.45) is 1.96. The van der Waals surface area contributed by atoms with Gasteiger partial charge in [-0.05, 0) is 30.4 Å². The number of carboxylic acids is 1. The Morgan fingerprint density at radius 2 is 1.81 bits per heavy atom. The van der Waals surface area contributed by atoms with E-state index in [1.807, 2.05) is 45.8 Å². The van der Waals surface area contributed by atoms with E-state index in [9.17, 15) is 27.9 Å². The lowest BCUT2D eigenvalue weighted by molar-refractivity contribution is -0.154. The molecule has 0 aromatic carbocycles. The number of carbonyl (C=O) groups excluding carboxylic acids is 1. The predicted molar refractivity (Wildman–Crippen MR) is 156 cm³/mol.